The van der Waals surface area contributed by atoms with Gasteiger partial charge < -0.3 is 4.52 Å². The molecule has 0 saturated heterocycles. The molecule has 0 aromatic heterocycles. The Morgan fingerprint density at radius 3 is 0.519 bits per heavy atom. The average molecular weight is 916 g/mol. The maximum absolute atomic E-state index is 14.4. The fraction of sp³-hybridized carbons (Fsp3) is 1.00. The predicted molar refractivity (Wildman–Crippen MR) is 96.0 cm³/mol. The Labute approximate surface area is 269 Å². The van der Waals surface area contributed by atoms with Crippen LogP contribution in [0.1, 0.15) is 0 Å². The summed E-state index contributed by atoms with van der Waals surface area (Å²) in [7, 11) is -12.5. The topological polar surface area (TPSA) is 26.3 Å². The van der Waals surface area contributed by atoms with Gasteiger partial charge in [-0.3, -0.25) is 4.57 Å². The highest BCUT2D eigenvalue weighted by molar-refractivity contribution is 7.61. The van der Waals surface area contributed by atoms with Crippen LogP contribution < -0.4 is 0 Å². The third kappa shape index (κ3) is 5.66. The van der Waals surface area contributed by atoms with Gasteiger partial charge in [0.15, 0.2) is 0 Å². The first-order chi connectivity index (χ1) is 22.6. The zero-order valence-electron chi connectivity index (χ0n) is 23.1. The molecule has 0 heterocycles. The molecule has 0 unspecified atom stereocenters. The van der Waals surface area contributed by atoms with Crippen LogP contribution in [-0.2, 0) is 9.09 Å². The van der Waals surface area contributed by atoms with Crippen LogP contribution in [0, 0.1) is 0 Å². The van der Waals surface area contributed by atoms with Crippen molar-refractivity contribution in [1.82, 2.24) is 0 Å². The summed E-state index contributed by atoms with van der Waals surface area (Å²) in [4.78, 5) is 0. The third-order valence-electron chi connectivity index (χ3n) is 6.41. The monoisotopic (exact) mass is 916 g/mol. The zero-order chi connectivity index (χ0) is 45.2. The van der Waals surface area contributed by atoms with Gasteiger partial charge >= 0.3 is 102 Å². The van der Waals surface area contributed by atoms with Crippen LogP contribution >= 0.6 is 7.37 Å². The molecule has 326 valence electrons. The lowest BCUT2D eigenvalue weighted by Gasteiger charge is -2.46. The molecule has 0 aliphatic carbocycles. The molecule has 0 radical (unpaired) electrons. The van der Waals surface area contributed by atoms with E-state index in [4.69, 9.17) is 0 Å². The minimum atomic E-state index is -10.8. The summed E-state index contributed by atoms with van der Waals surface area (Å²) in [5.41, 5.74) is -19.3. The third-order valence-corrected chi connectivity index (χ3v) is 8.96. The molecule has 37 heteroatoms. The van der Waals surface area contributed by atoms with E-state index in [0.717, 1.165) is 0 Å². The minimum Gasteiger partial charge on any atom is -0.323 e. The summed E-state index contributed by atoms with van der Waals surface area (Å²) in [5.74, 6) is -115. The van der Waals surface area contributed by atoms with Gasteiger partial charge in [-0.1, -0.05) is 0 Å². The number of hydrogen-bond acceptors (Lipinski definition) is 2. The van der Waals surface area contributed by atoms with Crippen molar-refractivity contribution in [2.24, 2.45) is 0 Å². The average Bonchev–Trinajstić information content (AvgIpc) is 2.93. The molecule has 0 rings (SSSR count). The molecule has 0 fully saturated rings. The second-order valence-electron chi connectivity index (χ2n) is 9.70. The normalized spacial score (nSPS) is 17.3. The summed E-state index contributed by atoms with van der Waals surface area (Å²) in [6.45, 7) is 0. The van der Waals surface area contributed by atoms with E-state index in [1.165, 1.54) is 0 Å². The highest BCUT2D eigenvalue weighted by atomic mass is 31.2. The molecule has 0 spiro atoms. The molecule has 0 aromatic rings. The summed E-state index contributed by atoms with van der Waals surface area (Å²) in [6, 6.07) is 0. The lowest BCUT2D eigenvalue weighted by atomic mass is 9.91. The van der Waals surface area contributed by atoms with Gasteiger partial charge in [-0.25, -0.2) is 0 Å². The molecule has 0 aliphatic heterocycles. The van der Waals surface area contributed by atoms with Crippen molar-refractivity contribution in [3.8, 4) is 0 Å². The summed E-state index contributed by atoms with van der Waals surface area (Å²) in [6.07, 6.45) is -16.8. The minimum absolute atomic E-state index is 1.74. The van der Waals surface area contributed by atoms with E-state index < -0.39 is 109 Å². The van der Waals surface area contributed by atoms with Crippen LogP contribution in [-0.4, -0.2) is 102 Å². The molecule has 0 N–H and O–H groups in total. The van der Waals surface area contributed by atoms with Crippen LogP contribution in [0.5, 0.6) is 0 Å². The van der Waals surface area contributed by atoms with E-state index in [-0.39, 0.29) is 0 Å². The Balaban J connectivity index is 7.97. The number of alkyl halides is 34. The molecule has 0 aromatic carbocycles. The first-order valence-electron chi connectivity index (χ1n) is 11.1. The first-order valence-corrected chi connectivity index (χ1v) is 12.8. The van der Waals surface area contributed by atoms with Crippen LogP contribution in [0.25, 0.3) is 0 Å². The number of rotatable bonds is 15. The summed E-state index contributed by atoms with van der Waals surface area (Å²) < 4.78 is 469. The second kappa shape index (κ2) is 12.4. The fourth-order valence-electron chi connectivity index (χ4n) is 3.09. The lowest BCUT2D eigenvalue weighted by Crippen LogP contribution is -2.75. The molecule has 0 bridgehead atoms. The molecular formula is C17H3F34O2P. The van der Waals surface area contributed by atoms with Crippen LogP contribution in [0.4, 0.5) is 149 Å². The van der Waals surface area contributed by atoms with E-state index in [0.29, 0.717) is 0 Å². The van der Waals surface area contributed by atoms with E-state index in [9.17, 15) is 154 Å². The van der Waals surface area contributed by atoms with Gasteiger partial charge in [-0.2, -0.15) is 149 Å². The Morgan fingerprint density at radius 2 is 0.389 bits per heavy atom. The standard InChI is InChI=1S/C17H3F34O2P/c1-53-54(52,16(48,49)12(38,39)8(30,31)4(22,23)2(18,19)6(26,27)10(34,35)14(42,43)44)17(50,51)13(40,41)9(32,33)5(24,25)3(20,21)7(28,29)11(36,37)15(45,46)47/h1H3. The zero-order valence-corrected chi connectivity index (χ0v) is 24.0. The highest BCUT2D eigenvalue weighted by Crippen LogP contribution is 2.81. The molecule has 0 amide bonds. The van der Waals surface area contributed by atoms with Crippen molar-refractivity contribution in [2.75, 3.05) is 7.11 Å². The van der Waals surface area contributed by atoms with E-state index in [1.807, 2.05) is 4.52 Å². The number of hydrogen-bond donors (Lipinski definition) is 0. The predicted octanol–water partition coefficient (Wildman–Crippen LogP) is 11.8. The molecule has 0 aliphatic rings. The quantitative estimate of drug-likeness (QED) is 0.121. The smallest absolute Gasteiger partial charge is 0.323 e. The molecule has 0 saturated carbocycles. The van der Waals surface area contributed by atoms with Gasteiger partial charge in [-0.05, 0) is 0 Å². The van der Waals surface area contributed by atoms with Gasteiger partial charge in [0.05, 0.1) is 0 Å². The van der Waals surface area contributed by atoms with Crippen molar-refractivity contribution in [2.45, 2.75) is 94.8 Å². The first kappa shape index (κ1) is 51.8. The SMILES string of the molecule is COP(=O)(C(F)(F)C(F)(F)C(F)(F)C(F)(F)C(F)(F)C(F)(F)C(F)(F)C(F)(F)F)C(F)(F)C(F)(F)C(F)(F)C(F)(F)C(F)(F)C(F)(F)C(F)(F)C(F)(F)F. The lowest BCUT2D eigenvalue weighted by molar-refractivity contribution is -0.460. The Hall–Kier alpha value is -2.19. The van der Waals surface area contributed by atoms with Gasteiger partial charge in [0, 0.05) is 7.11 Å². The maximum atomic E-state index is 14.4. The van der Waals surface area contributed by atoms with Crippen LogP contribution in [0.3, 0.4) is 0 Å². The fourth-order valence-corrected chi connectivity index (χ4v) is 4.92. The summed E-state index contributed by atoms with van der Waals surface area (Å²) >= 11 is 0. The van der Waals surface area contributed by atoms with E-state index in [1.54, 1.807) is 0 Å². The van der Waals surface area contributed by atoms with E-state index >= 15 is 0 Å². The van der Waals surface area contributed by atoms with Crippen molar-refractivity contribution in [3.63, 3.8) is 0 Å². The van der Waals surface area contributed by atoms with Gasteiger partial charge in [-0.15, -0.1) is 0 Å². The van der Waals surface area contributed by atoms with Gasteiger partial charge in [0.25, 0.3) is 0 Å². The van der Waals surface area contributed by atoms with Gasteiger partial charge in [0.1, 0.15) is 0 Å². The summed E-state index contributed by atoms with van der Waals surface area (Å²) in [5, 5.41) is 0. The maximum Gasteiger partial charge on any atom is 0.460 e. The van der Waals surface area contributed by atoms with Crippen LogP contribution in [0.2, 0.25) is 0 Å². The molecule has 0 atom stereocenters. The Bertz CT molecular complexity index is 1330. The van der Waals surface area contributed by atoms with Gasteiger partial charge in [0.2, 0.25) is 0 Å². The van der Waals surface area contributed by atoms with Crippen molar-refractivity contribution >= 4 is 7.37 Å². The highest BCUT2D eigenvalue weighted by Gasteiger charge is 3.01. The van der Waals surface area contributed by atoms with Crippen molar-refractivity contribution in [3.05, 3.63) is 0 Å². The van der Waals surface area contributed by atoms with Crippen molar-refractivity contribution in [1.29, 1.82) is 0 Å². The van der Waals surface area contributed by atoms with E-state index in [2.05, 4.69) is 0 Å². The molecule has 54 heavy (non-hydrogen) atoms. The molecule has 2 nitrogen and oxygen atoms in total. The molecular weight excluding hydrogens is 913 g/mol. The Kier molecular flexibility index (Phi) is 11.9. The number of halogens is 34. The Morgan fingerprint density at radius 1 is 0.259 bits per heavy atom. The largest absolute Gasteiger partial charge is 0.460 e. The van der Waals surface area contributed by atoms with Crippen molar-refractivity contribution < 1.29 is 158 Å². The van der Waals surface area contributed by atoms with Crippen LogP contribution in [0.15, 0.2) is 0 Å². The second-order valence-corrected chi connectivity index (χ2v) is 12.3.